The average Bonchev–Trinajstić information content (AvgIpc) is 2.21. The third kappa shape index (κ3) is 3.15. The number of rotatable bonds is 6. The average molecular weight is 314 g/mol. The molecule has 3 N–H and O–H groups in total. The minimum Gasteiger partial charge on any atom is -0.330 e. The Kier molecular flexibility index (Phi) is 3.70. The SMILES string of the molecule is CC12CC3CC(C)(C1)CC(NS(=O)(=O)CCCCN)(C3)C2. The lowest BCUT2D eigenvalue weighted by atomic mass is 9.43. The molecule has 2 atom stereocenters. The highest BCUT2D eigenvalue weighted by Crippen LogP contribution is 2.66. The standard InChI is InChI=1S/C16H30N2O2S/c1-14-7-13-8-15(2,10-14)12-16(9-13,11-14)18-21(19,20)6-4-3-5-17/h13,18H,3-12,17H2,1-2H3. The van der Waals surface area contributed by atoms with Crippen molar-refractivity contribution < 1.29 is 8.42 Å². The third-order valence-corrected chi connectivity index (χ3v) is 7.44. The van der Waals surface area contributed by atoms with Crippen molar-refractivity contribution in [2.75, 3.05) is 12.3 Å². The van der Waals surface area contributed by atoms with Gasteiger partial charge in [0.25, 0.3) is 0 Å². The second-order valence-corrected chi connectivity index (χ2v) is 10.7. The largest absolute Gasteiger partial charge is 0.330 e. The Labute approximate surface area is 129 Å². The first-order valence-corrected chi connectivity index (χ1v) is 10.0. The fraction of sp³-hybridized carbons (Fsp3) is 1.00. The van der Waals surface area contributed by atoms with E-state index < -0.39 is 10.0 Å². The van der Waals surface area contributed by atoms with Crippen LogP contribution in [0, 0.1) is 16.7 Å². The van der Waals surface area contributed by atoms with Crippen molar-refractivity contribution in [2.45, 2.75) is 70.8 Å². The fourth-order valence-electron chi connectivity index (χ4n) is 6.38. The summed E-state index contributed by atoms with van der Waals surface area (Å²) in [5, 5.41) is 0. The summed E-state index contributed by atoms with van der Waals surface area (Å²) in [6, 6.07) is 0. The van der Waals surface area contributed by atoms with E-state index in [2.05, 4.69) is 18.6 Å². The van der Waals surface area contributed by atoms with Crippen molar-refractivity contribution >= 4 is 10.0 Å². The van der Waals surface area contributed by atoms with Gasteiger partial charge in [0.15, 0.2) is 0 Å². The summed E-state index contributed by atoms with van der Waals surface area (Å²) in [6.07, 6.45) is 8.41. The van der Waals surface area contributed by atoms with Gasteiger partial charge in [0.2, 0.25) is 10.0 Å². The highest BCUT2D eigenvalue weighted by Gasteiger charge is 2.60. The molecule has 4 saturated carbocycles. The molecule has 0 aromatic heterocycles. The fourth-order valence-corrected chi connectivity index (χ4v) is 7.95. The van der Waals surface area contributed by atoms with Gasteiger partial charge in [-0.05, 0) is 74.7 Å². The quantitative estimate of drug-likeness (QED) is 0.739. The molecule has 4 fully saturated rings. The van der Waals surface area contributed by atoms with E-state index in [4.69, 9.17) is 5.73 Å². The highest BCUT2D eigenvalue weighted by atomic mass is 32.2. The highest BCUT2D eigenvalue weighted by molar-refractivity contribution is 7.89. The minimum absolute atomic E-state index is 0.162. The van der Waals surface area contributed by atoms with Crippen LogP contribution in [0.25, 0.3) is 0 Å². The van der Waals surface area contributed by atoms with Crippen LogP contribution in [0.15, 0.2) is 0 Å². The van der Waals surface area contributed by atoms with E-state index in [1.165, 1.54) is 19.3 Å². The Morgan fingerprint density at radius 2 is 1.67 bits per heavy atom. The Balaban J connectivity index is 1.76. The molecule has 4 aliphatic rings. The van der Waals surface area contributed by atoms with Gasteiger partial charge in [-0.3, -0.25) is 0 Å². The molecule has 0 aromatic carbocycles. The summed E-state index contributed by atoms with van der Waals surface area (Å²) >= 11 is 0. The molecule has 122 valence electrons. The van der Waals surface area contributed by atoms with Crippen LogP contribution in [0.5, 0.6) is 0 Å². The van der Waals surface area contributed by atoms with Gasteiger partial charge < -0.3 is 5.73 Å². The normalized spacial score (nSPS) is 45.2. The first kappa shape index (κ1) is 15.8. The van der Waals surface area contributed by atoms with Gasteiger partial charge in [-0.25, -0.2) is 13.1 Å². The second-order valence-electron chi connectivity index (χ2n) is 8.83. The first-order chi connectivity index (χ1) is 9.67. The van der Waals surface area contributed by atoms with Crippen LogP contribution in [0.3, 0.4) is 0 Å². The number of hydrogen-bond donors (Lipinski definition) is 2. The molecule has 4 bridgehead atoms. The summed E-state index contributed by atoms with van der Waals surface area (Å²) in [5.74, 6) is 0.937. The topological polar surface area (TPSA) is 72.2 Å². The molecule has 0 aromatic rings. The Hall–Kier alpha value is -0.130. The molecule has 0 radical (unpaired) electrons. The van der Waals surface area contributed by atoms with Gasteiger partial charge in [-0.1, -0.05) is 13.8 Å². The lowest BCUT2D eigenvalue weighted by Crippen LogP contribution is -2.65. The van der Waals surface area contributed by atoms with E-state index >= 15 is 0 Å². The summed E-state index contributed by atoms with van der Waals surface area (Å²) < 4.78 is 28.0. The Morgan fingerprint density at radius 1 is 1.05 bits per heavy atom. The lowest BCUT2D eigenvalue weighted by molar-refractivity contribution is -0.110. The maximum atomic E-state index is 12.4. The zero-order chi connectivity index (χ0) is 15.4. The predicted octanol–water partition coefficient (Wildman–Crippen LogP) is 2.39. The van der Waals surface area contributed by atoms with Gasteiger partial charge in [-0.2, -0.15) is 0 Å². The lowest BCUT2D eigenvalue weighted by Gasteiger charge is -2.65. The molecule has 0 amide bonds. The Morgan fingerprint density at radius 3 is 2.19 bits per heavy atom. The van der Waals surface area contributed by atoms with Gasteiger partial charge in [0, 0.05) is 5.54 Å². The van der Waals surface area contributed by atoms with Crippen molar-refractivity contribution in [3.63, 3.8) is 0 Å². The van der Waals surface area contributed by atoms with Crippen LogP contribution in [0.1, 0.15) is 65.2 Å². The molecular formula is C16H30N2O2S. The molecule has 2 unspecified atom stereocenters. The van der Waals surface area contributed by atoms with E-state index in [-0.39, 0.29) is 11.3 Å². The zero-order valence-corrected chi connectivity index (χ0v) is 14.3. The minimum atomic E-state index is -3.18. The third-order valence-electron chi connectivity index (χ3n) is 5.87. The van der Waals surface area contributed by atoms with Crippen molar-refractivity contribution in [2.24, 2.45) is 22.5 Å². The molecule has 5 heteroatoms. The molecule has 0 aliphatic heterocycles. The Bertz CT molecular complexity index is 498. The van der Waals surface area contributed by atoms with Crippen LogP contribution in [-0.2, 0) is 10.0 Å². The molecule has 0 heterocycles. The maximum absolute atomic E-state index is 12.4. The smallest absolute Gasteiger partial charge is 0.212 e. The second kappa shape index (κ2) is 4.93. The molecule has 4 nitrogen and oxygen atoms in total. The summed E-state index contributed by atoms with van der Waals surface area (Å²) in [5.41, 5.74) is 5.99. The van der Waals surface area contributed by atoms with Crippen LogP contribution in [0.2, 0.25) is 0 Å². The van der Waals surface area contributed by atoms with Crippen LogP contribution in [0.4, 0.5) is 0 Å². The number of nitrogens with one attached hydrogen (secondary N) is 1. The molecule has 0 spiro atoms. The van der Waals surface area contributed by atoms with Crippen LogP contribution < -0.4 is 10.5 Å². The maximum Gasteiger partial charge on any atom is 0.212 e. The van der Waals surface area contributed by atoms with E-state index in [1.54, 1.807) is 0 Å². The monoisotopic (exact) mass is 314 g/mol. The summed E-state index contributed by atoms with van der Waals surface area (Å²) in [4.78, 5) is 0. The molecular weight excluding hydrogens is 284 g/mol. The van der Waals surface area contributed by atoms with Crippen molar-refractivity contribution in [3.05, 3.63) is 0 Å². The van der Waals surface area contributed by atoms with Gasteiger partial charge in [-0.15, -0.1) is 0 Å². The molecule has 21 heavy (non-hydrogen) atoms. The predicted molar refractivity (Wildman–Crippen MR) is 85.3 cm³/mol. The first-order valence-electron chi connectivity index (χ1n) is 8.39. The number of nitrogens with two attached hydrogens (primary N) is 1. The molecule has 4 aliphatic carbocycles. The molecule has 0 saturated heterocycles. The number of sulfonamides is 1. The summed E-state index contributed by atoms with van der Waals surface area (Å²) in [7, 11) is -3.18. The number of unbranched alkanes of at least 4 members (excludes halogenated alkanes) is 1. The van der Waals surface area contributed by atoms with Crippen molar-refractivity contribution in [3.8, 4) is 0 Å². The van der Waals surface area contributed by atoms with E-state index in [1.807, 2.05) is 0 Å². The van der Waals surface area contributed by atoms with Gasteiger partial charge in [0.05, 0.1) is 5.75 Å². The van der Waals surface area contributed by atoms with E-state index in [0.717, 1.165) is 25.7 Å². The van der Waals surface area contributed by atoms with E-state index in [9.17, 15) is 8.42 Å². The zero-order valence-electron chi connectivity index (χ0n) is 13.5. The van der Waals surface area contributed by atoms with Gasteiger partial charge >= 0.3 is 0 Å². The summed E-state index contributed by atoms with van der Waals surface area (Å²) in [6.45, 7) is 5.30. The van der Waals surface area contributed by atoms with Gasteiger partial charge in [0.1, 0.15) is 0 Å². The number of hydrogen-bond acceptors (Lipinski definition) is 3. The van der Waals surface area contributed by atoms with Crippen LogP contribution >= 0.6 is 0 Å². The van der Waals surface area contributed by atoms with Crippen molar-refractivity contribution in [1.82, 2.24) is 4.72 Å². The molecule has 4 rings (SSSR count). The van der Waals surface area contributed by atoms with E-state index in [0.29, 0.717) is 29.7 Å². The van der Waals surface area contributed by atoms with Crippen molar-refractivity contribution in [1.29, 1.82) is 0 Å². The van der Waals surface area contributed by atoms with Crippen LogP contribution in [-0.4, -0.2) is 26.3 Å².